The van der Waals surface area contributed by atoms with Crippen LogP contribution in [0.1, 0.15) is 21.5 Å². The van der Waals surface area contributed by atoms with Crippen molar-refractivity contribution in [1.29, 1.82) is 0 Å². The van der Waals surface area contributed by atoms with E-state index in [0.29, 0.717) is 22.9 Å². The molecule has 0 fully saturated rings. The molecular weight excluding hydrogens is 583 g/mol. The van der Waals surface area contributed by atoms with Gasteiger partial charge in [0, 0.05) is 36.3 Å². The number of carbonyl (C=O) groups excluding carboxylic acids is 1. The molecule has 1 heterocycles. The summed E-state index contributed by atoms with van der Waals surface area (Å²) in [5.41, 5.74) is 2.56. The third-order valence-corrected chi connectivity index (χ3v) is 8.24. The summed E-state index contributed by atoms with van der Waals surface area (Å²) in [5, 5.41) is 3.98. The summed E-state index contributed by atoms with van der Waals surface area (Å²) in [6.07, 6.45) is 0. The number of halogens is 2. The zero-order valence-electron chi connectivity index (χ0n) is 22.0. The molecule has 5 rings (SSSR count). The monoisotopic (exact) mass is 608 g/mol. The van der Waals surface area contributed by atoms with Gasteiger partial charge in [0.1, 0.15) is 11.6 Å². The maximum atomic E-state index is 13.2. The van der Waals surface area contributed by atoms with E-state index in [1.54, 1.807) is 48.3 Å². The van der Waals surface area contributed by atoms with Crippen LogP contribution in [0.4, 0.5) is 5.69 Å². The van der Waals surface area contributed by atoms with Gasteiger partial charge in [-0.2, -0.15) is 0 Å². The van der Waals surface area contributed by atoms with E-state index in [4.69, 9.17) is 27.9 Å². The van der Waals surface area contributed by atoms with Crippen molar-refractivity contribution in [1.82, 2.24) is 10.2 Å². The maximum absolute atomic E-state index is 13.2. The summed E-state index contributed by atoms with van der Waals surface area (Å²) < 4.78 is 34.8. The number of ether oxygens (including phenoxy) is 1. The highest BCUT2D eigenvalue weighted by molar-refractivity contribution is 7.92. The molecule has 0 unspecified atom stereocenters. The van der Waals surface area contributed by atoms with E-state index in [2.05, 4.69) is 15.0 Å². The fourth-order valence-corrected chi connectivity index (χ4v) is 5.74. The number of nitrogens with zero attached hydrogens (tertiary/aromatic N) is 2. The quantitative estimate of drug-likeness (QED) is 0.235. The first-order valence-electron chi connectivity index (χ1n) is 12.7. The van der Waals surface area contributed by atoms with E-state index in [1.165, 1.54) is 30.3 Å². The highest BCUT2D eigenvalue weighted by Crippen LogP contribution is 2.35. The Balaban J connectivity index is 1.25. The summed E-state index contributed by atoms with van der Waals surface area (Å²) in [6, 6.07) is 25.0. The SMILES string of the molecule is CN(Cc1ccc(C2=NCCN2)cc1)C(=O)c1ccc(S(=O)(=O)Nc2ccccc2Oc2ccc(Cl)cc2Cl)cc1. The first-order valence-corrected chi connectivity index (χ1v) is 14.9. The van der Waals surface area contributed by atoms with E-state index in [0.717, 1.165) is 30.1 Å². The van der Waals surface area contributed by atoms with Crippen LogP contribution in [0.15, 0.2) is 101 Å². The number of rotatable bonds is 9. The molecule has 0 aromatic heterocycles. The molecule has 8 nitrogen and oxygen atoms in total. The van der Waals surface area contributed by atoms with Gasteiger partial charge >= 0.3 is 0 Å². The minimum atomic E-state index is -3.99. The first-order chi connectivity index (χ1) is 19.7. The number of sulfonamides is 1. The number of amides is 1. The summed E-state index contributed by atoms with van der Waals surface area (Å²) in [4.78, 5) is 19.0. The van der Waals surface area contributed by atoms with E-state index >= 15 is 0 Å². The predicted molar refractivity (Wildman–Crippen MR) is 162 cm³/mol. The fourth-order valence-electron chi connectivity index (χ4n) is 4.22. The van der Waals surface area contributed by atoms with Crippen LogP contribution in [0.5, 0.6) is 11.5 Å². The standard InChI is InChI=1S/C30H26Cl2N4O4S/c1-36(19-20-6-8-21(9-7-20)29-33-16-17-34-29)30(37)22-10-13-24(14-11-22)41(38,39)35-26-4-2-3-5-28(26)40-27-15-12-23(31)18-25(27)32/h2-15,18,35H,16-17,19H2,1H3,(H,33,34). The normalized spacial score (nSPS) is 12.8. The first kappa shape index (κ1) is 28.5. The van der Waals surface area contributed by atoms with Gasteiger partial charge in [-0.1, -0.05) is 59.6 Å². The Bertz CT molecular complexity index is 1710. The number of carbonyl (C=O) groups is 1. The number of hydrogen-bond donors (Lipinski definition) is 2. The smallest absolute Gasteiger partial charge is 0.262 e. The molecule has 0 saturated heterocycles. The molecule has 4 aromatic rings. The minimum absolute atomic E-state index is 0.00458. The van der Waals surface area contributed by atoms with Gasteiger partial charge in [-0.05, 0) is 60.2 Å². The van der Waals surface area contributed by atoms with Crippen LogP contribution in [0.3, 0.4) is 0 Å². The predicted octanol–water partition coefficient (Wildman–Crippen LogP) is 6.21. The van der Waals surface area contributed by atoms with E-state index < -0.39 is 10.0 Å². The Hall–Kier alpha value is -4.05. The zero-order chi connectivity index (χ0) is 29.0. The average molecular weight is 610 g/mol. The summed E-state index contributed by atoms with van der Waals surface area (Å²) in [7, 11) is -2.29. The lowest BCUT2D eigenvalue weighted by molar-refractivity contribution is 0.0785. The van der Waals surface area contributed by atoms with Gasteiger partial charge in [0.15, 0.2) is 5.75 Å². The number of hydrogen-bond acceptors (Lipinski definition) is 6. The second kappa shape index (κ2) is 12.2. The number of nitrogens with one attached hydrogen (secondary N) is 2. The van der Waals surface area contributed by atoms with Crippen molar-refractivity contribution in [3.63, 3.8) is 0 Å². The molecule has 41 heavy (non-hydrogen) atoms. The Labute approximate surface area is 248 Å². The van der Waals surface area contributed by atoms with Crippen molar-refractivity contribution in [2.75, 3.05) is 24.9 Å². The van der Waals surface area contributed by atoms with Crippen molar-refractivity contribution in [3.8, 4) is 11.5 Å². The van der Waals surface area contributed by atoms with Crippen LogP contribution in [0.25, 0.3) is 0 Å². The molecule has 0 aliphatic carbocycles. The lowest BCUT2D eigenvalue weighted by atomic mass is 10.1. The van der Waals surface area contributed by atoms with E-state index in [-0.39, 0.29) is 27.3 Å². The molecule has 2 N–H and O–H groups in total. The van der Waals surface area contributed by atoms with Gasteiger partial charge in [-0.25, -0.2) is 8.42 Å². The molecule has 0 atom stereocenters. The van der Waals surface area contributed by atoms with Crippen LogP contribution in [-0.2, 0) is 16.6 Å². The highest BCUT2D eigenvalue weighted by atomic mass is 35.5. The number of aliphatic imine (C=N–C) groups is 1. The Kier molecular flexibility index (Phi) is 8.49. The van der Waals surface area contributed by atoms with Gasteiger partial charge in [0.05, 0.1) is 22.2 Å². The van der Waals surface area contributed by atoms with Crippen molar-refractivity contribution < 1.29 is 17.9 Å². The molecule has 11 heteroatoms. The second-order valence-electron chi connectivity index (χ2n) is 9.32. The number of para-hydroxylation sites is 2. The lowest BCUT2D eigenvalue weighted by Gasteiger charge is -2.18. The largest absolute Gasteiger partial charge is 0.454 e. The van der Waals surface area contributed by atoms with Crippen molar-refractivity contribution >= 4 is 50.7 Å². The summed E-state index contributed by atoms with van der Waals surface area (Å²) in [6.45, 7) is 2.01. The topological polar surface area (TPSA) is 100 Å². The van der Waals surface area contributed by atoms with Gasteiger partial charge in [0.25, 0.3) is 15.9 Å². The van der Waals surface area contributed by atoms with E-state index in [9.17, 15) is 13.2 Å². The second-order valence-corrected chi connectivity index (χ2v) is 11.8. The zero-order valence-corrected chi connectivity index (χ0v) is 24.3. The molecule has 0 radical (unpaired) electrons. The molecule has 0 bridgehead atoms. The third kappa shape index (κ3) is 6.82. The Morgan fingerprint density at radius 2 is 1.71 bits per heavy atom. The molecule has 4 aromatic carbocycles. The molecule has 1 amide bonds. The molecule has 0 saturated carbocycles. The van der Waals surface area contributed by atoms with Crippen LogP contribution in [0, 0.1) is 0 Å². The van der Waals surface area contributed by atoms with Crippen molar-refractivity contribution in [2.45, 2.75) is 11.4 Å². The van der Waals surface area contributed by atoms with Crippen molar-refractivity contribution in [3.05, 3.63) is 118 Å². The van der Waals surface area contributed by atoms with Crippen LogP contribution in [0.2, 0.25) is 10.0 Å². The number of amidine groups is 1. The molecular formula is C30H26Cl2N4O4S. The van der Waals surface area contributed by atoms with Crippen molar-refractivity contribution in [2.24, 2.45) is 4.99 Å². The summed E-state index contributed by atoms with van der Waals surface area (Å²) >= 11 is 12.2. The molecule has 0 spiro atoms. The molecule has 210 valence electrons. The number of anilines is 1. The fraction of sp³-hybridized carbons (Fsp3) is 0.133. The summed E-state index contributed by atoms with van der Waals surface area (Å²) in [5.74, 6) is 1.24. The number of benzene rings is 4. The molecule has 1 aliphatic heterocycles. The molecule has 1 aliphatic rings. The Morgan fingerprint density at radius 3 is 2.39 bits per heavy atom. The van der Waals surface area contributed by atoms with E-state index in [1.807, 2.05) is 24.3 Å². The van der Waals surface area contributed by atoms with Gasteiger partial charge in [-0.15, -0.1) is 0 Å². The lowest BCUT2D eigenvalue weighted by Crippen LogP contribution is -2.26. The van der Waals surface area contributed by atoms with Gasteiger partial charge in [-0.3, -0.25) is 14.5 Å². The van der Waals surface area contributed by atoms with Crippen LogP contribution >= 0.6 is 23.2 Å². The highest BCUT2D eigenvalue weighted by Gasteiger charge is 2.19. The minimum Gasteiger partial charge on any atom is -0.454 e. The Morgan fingerprint density at radius 1 is 0.976 bits per heavy atom. The average Bonchev–Trinajstić information content (AvgIpc) is 3.51. The van der Waals surface area contributed by atoms with Gasteiger partial charge in [0.2, 0.25) is 0 Å². The van der Waals surface area contributed by atoms with Gasteiger partial charge < -0.3 is 15.0 Å². The third-order valence-electron chi connectivity index (χ3n) is 6.32. The maximum Gasteiger partial charge on any atom is 0.262 e. The van der Waals surface area contributed by atoms with Crippen LogP contribution < -0.4 is 14.8 Å². The van der Waals surface area contributed by atoms with Crippen LogP contribution in [-0.4, -0.2) is 45.2 Å².